The topological polar surface area (TPSA) is 75.3 Å². The third-order valence-electron chi connectivity index (χ3n) is 6.27. The van der Waals surface area contributed by atoms with Crippen molar-refractivity contribution in [1.82, 2.24) is 5.32 Å². The number of carbonyl (C=O) groups is 3. The summed E-state index contributed by atoms with van der Waals surface area (Å²) in [7, 11) is 0. The summed E-state index contributed by atoms with van der Waals surface area (Å²) >= 11 is 6.02. The van der Waals surface area contributed by atoms with Crippen molar-refractivity contribution in [3.05, 3.63) is 147 Å². The van der Waals surface area contributed by atoms with Gasteiger partial charge in [0.05, 0.1) is 5.02 Å². The van der Waals surface area contributed by atoms with Gasteiger partial charge in [-0.2, -0.15) is 0 Å². The number of hydrogen-bond donors (Lipinski definition) is 2. The zero-order valence-corrected chi connectivity index (χ0v) is 23.3. The Bertz CT molecular complexity index is 1590. The first-order valence-corrected chi connectivity index (χ1v) is 13.3. The lowest BCUT2D eigenvalue weighted by molar-refractivity contribution is -0.113. The highest BCUT2D eigenvalue weighted by molar-refractivity contribution is 6.32. The third kappa shape index (κ3) is 7.87. The number of hydrogen-bond acceptors (Lipinski definition) is 3. The molecule has 0 saturated heterocycles. The lowest BCUT2D eigenvalue weighted by Gasteiger charge is -2.12. The van der Waals surface area contributed by atoms with Crippen LogP contribution in [0.4, 0.5) is 10.1 Å². The summed E-state index contributed by atoms with van der Waals surface area (Å²) in [4.78, 5) is 38.8. The van der Waals surface area contributed by atoms with Gasteiger partial charge >= 0.3 is 0 Å². The number of nitrogens with one attached hydrogen (secondary N) is 2. The first kappa shape index (κ1) is 29.2. The molecule has 7 heteroatoms. The molecule has 206 valence electrons. The van der Waals surface area contributed by atoms with E-state index in [1.54, 1.807) is 60.7 Å². The zero-order valence-electron chi connectivity index (χ0n) is 22.5. The van der Waals surface area contributed by atoms with Gasteiger partial charge in [-0.3, -0.25) is 14.4 Å². The largest absolute Gasteiger partial charge is 0.321 e. The van der Waals surface area contributed by atoms with Crippen molar-refractivity contribution in [2.45, 2.75) is 19.8 Å². The second-order valence-electron chi connectivity index (χ2n) is 9.56. The van der Waals surface area contributed by atoms with Gasteiger partial charge < -0.3 is 10.6 Å². The summed E-state index contributed by atoms with van der Waals surface area (Å²) in [5.41, 5.74) is 3.25. The minimum atomic E-state index is -0.532. The van der Waals surface area contributed by atoms with Crippen molar-refractivity contribution in [2.24, 2.45) is 0 Å². The van der Waals surface area contributed by atoms with Crippen molar-refractivity contribution in [1.29, 1.82) is 0 Å². The molecule has 0 heterocycles. The van der Waals surface area contributed by atoms with Gasteiger partial charge in [-0.05, 0) is 83.8 Å². The Morgan fingerprint density at radius 1 is 0.805 bits per heavy atom. The zero-order chi connectivity index (χ0) is 29.4. The van der Waals surface area contributed by atoms with Crippen molar-refractivity contribution in [3.63, 3.8) is 0 Å². The van der Waals surface area contributed by atoms with Gasteiger partial charge in [-0.1, -0.05) is 74.0 Å². The van der Waals surface area contributed by atoms with Crippen molar-refractivity contribution in [3.8, 4) is 0 Å². The minimum Gasteiger partial charge on any atom is -0.321 e. The normalized spacial score (nSPS) is 11.5. The molecule has 0 spiro atoms. The maximum absolute atomic E-state index is 14.0. The lowest BCUT2D eigenvalue weighted by Crippen LogP contribution is -2.30. The molecule has 5 nitrogen and oxygen atoms in total. The van der Waals surface area contributed by atoms with Crippen LogP contribution in [-0.2, 0) is 4.79 Å². The van der Waals surface area contributed by atoms with E-state index in [9.17, 15) is 18.8 Å². The molecule has 0 radical (unpaired) electrons. The van der Waals surface area contributed by atoms with Crippen LogP contribution >= 0.6 is 11.6 Å². The third-order valence-corrected chi connectivity index (χ3v) is 6.60. The van der Waals surface area contributed by atoms with Crippen LogP contribution in [0.25, 0.3) is 12.2 Å². The molecule has 0 aromatic heterocycles. The van der Waals surface area contributed by atoms with Gasteiger partial charge in [0, 0.05) is 22.4 Å². The van der Waals surface area contributed by atoms with Crippen LogP contribution in [0.5, 0.6) is 0 Å². The summed E-state index contributed by atoms with van der Waals surface area (Å²) in [6, 6.07) is 26.9. The Kier molecular flexibility index (Phi) is 9.61. The highest BCUT2D eigenvalue weighted by Gasteiger charge is 2.16. The number of ketones is 1. The standard InChI is InChI=1S/C34H28ClFN2O3/c1-22(2)24-13-11-23(12-14-24)21-31(38-33(40)26-7-4-3-5-8-26)34(41)37-27-17-15-25(16-18-27)32(39)20-19-28-29(35)9-6-10-30(28)36/h3-22H,1-2H3,(H,37,41)(H,38,40)/b20-19+,31-21-. The molecule has 0 saturated carbocycles. The molecule has 0 aliphatic carbocycles. The number of benzene rings is 4. The van der Waals surface area contributed by atoms with E-state index in [-0.39, 0.29) is 22.1 Å². The van der Waals surface area contributed by atoms with Gasteiger partial charge in [0.1, 0.15) is 11.5 Å². The number of anilines is 1. The molecule has 4 rings (SSSR count). The van der Waals surface area contributed by atoms with E-state index in [0.717, 1.165) is 11.1 Å². The summed E-state index contributed by atoms with van der Waals surface area (Å²) in [6.07, 6.45) is 4.18. The molecule has 0 fully saturated rings. The molecule has 0 bridgehead atoms. The van der Waals surface area contributed by atoms with Gasteiger partial charge in [0.15, 0.2) is 5.78 Å². The number of halogens is 2. The summed E-state index contributed by atoms with van der Waals surface area (Å²) < 4.78 is 14.0. The average molecular weight is 567 g/mol. The highest BCUT2D eigenvalue weighted by atomic mass is 35.5. The molecule has 2 N–H and O–H groups in total. The number of allylic oxidation sites excluding steroid dienone is 1. The maximum atomic E-state index is 14.0. The molecule has 4 aromatic carbocycles. The maximum Gasteiger partial charge on any atom is 0.272 e. The summed E-state index contributed by atoms with van der Waals surface area (Å²) in [5.74, 6) is -1.48. The van der Waals surface area contributed by atoms with Gasteiger partial charge in [-0.25, -0.2) is 4.39 Å². The van der Waals surface area contributed by atoms with E-state index in [2.05, 4.69) is 24.5 Å². The predicted octanol–water partition coefficient (Wildman–Crippen LogP) is 7.91. The fourth-order valence-corrected chi connectivity index (χ4v) is 4.15. The Morgan fingerprint density at radius 2 is 1.49 bits per heavy atom. The fourth-order valence-electron chi connectivity index (χ4n) is 3.93. The fraction of sp³-hybridized carbons (Fsp3) is 0.0882. The number of carbonyl (C=O) groups excluding carboxylic acids is 3. The first-order valence-electron chi connectivity index (χ1n) is 13.0. The van der Waals surface area contributed by atoms with E-state index in [1.807, 2.05) is 24.3 Å². The molecule has 4 aromatic rings. The Morgan fingerprint density at radius 3 is 2.12 bits per heavy atom. The van der Waals surface area contributed by atoms with Crippen molar-refractivity contribution < 1.29 is 18.8 Å². The lowest BCUT2D eigenvalue weighted by atomic mass is 10.0. The van der Waals surface area contributed by atoms with E-state index in [0.29, 0.717) is 22.7 Å². The highest BCUT2D eigenvalue weighted by Crippen LogP contribution is 2.21. The van der Waals surface area contributed by atoms with E-state index >= 15 is 0 Å². The van der Waals surface area contributed by atoms with Crippen molar-refractivity contribution in [2.75, 3.05) is 5.32 Å². The Balaban J connectivity index is 1.51. The van der Waals surface area contributed by atoms with E-state index in [4.69, 9.17) is 11.6 Å². The Labute approximate surface area is 243 Å². The van der Waals surface area contributed by atoms with Crippen LogP contribution < -0.4 is 10.6 Å². The number of rotatable bonds is 9. The second kappa shape index (κ2) is 13.5. The van der Waals surface area contributed by atoms with Crippen molar-refractivity contribution >= 4 is 47.0 Å². The summed E-state index contributed by atoms with van der Waals surface area (Å²) in [6.45, 7) is 4.19. The summed E-state index contributed by atoms with van der Waals surface area (Å²) in [5, 5.41) is 5.69. The van der Waals surface area contributed by atoms with Gasteiger partial charge in [0.25, 0.3) is 11.8 Å². The minimum absolute atomic E-state index is 0.0565. The molecule has 0 aliphatic heterocycles. The molecule has 41 heavy (non-hydrogen) atoms. The molecular formula is C34H28ClFN2O3. The van der Waals surface area contributed by atoms with Gasteiger partial charge in [-0.15, -0.1) is 0 Å². The van der Waals surface area contributed by atoms with Crippen LogP contribution in [0, 0.1) is 5.82 Å². The monoisotopic (exact) mass is 566 g/mol. The van der Waals surface area contributed by atoms with E-state index < -0.39 is 17.6 Å². The van der Waals surface area contributed by atoms with Crippen LogP contribution in [-0.4, -0.2) is 17.6 Å². The average Bonchev–Trinajstić information content (AvgIpc) is 2.97. The number of amides is 2. The van der Waals surface area contributed by atoms with Crippen LogP contribution in [0.1, 0.15) is 57.2 Å². The molecule has 0 unspecified atom stereocenters. The second-order valence-corrected chi connectivity index (χ2v) is 9.97. The van der Waals surface area contributed by atoms with Crippen LogP contribution in [0.2, 0.25) is 5.02 Å². The predicted molar refractivity (Wildman–Crippen MR) is 162 cm³/mol. The molecule has 0 atom stereocenters. The van der Waals surface area contributed by atoms with Crippen LogP contribution in [0.15, 0.2) is 109 Å². The molecular weight excluding hydrogens is 539 g/mol. The van der Waals surface area contributed by atoms with E-state index in [1.165, 1.54) is 30.4 Å². The first-order chi connectivity index (χ1) is 19.7. The quantitative estimate of drug-likeness (QED) is 0.160. The Hall–Kier alpha value is -4.81. The SMILES string of the molecule is CC(C)c1ccc(/C=C(\NC(=O)c2ccccc2)C(=O)Nc2ccc(C(=O)/C=C/c3c(F)cccc3Cl)cc2)cc1. The van der Waals surface area contributed by atoms with Crippen LogP contribution in [0.3, 0.4) is 0 Å². The molecule has 2 amide bonds. The molecule has 0 aliphatic rings. The van der Waals surface area contributed by atoms with Gasteiger partial charge in [0.2, 0.25) is 0 Å². The smallest absolute Gasteiger partial charge is 0.272 e.